The van der Waals surface area contributed by atoms with E-state index >= 15 is 0 Å². The van der Waals surface area contributed by atoms with Gasteiger partial charge >= 0.3 is 0 Å². The summed E-state index contributed by atoms with van der Waals surface area (Å²) in [5, 5.41) is 0. The molecule has 0 aliphatic carbocycles. The Kier molecular flexibility index (Phi) is 5.24. The zero-order valence-electron chi connectivity index (χ0n) is 14.9. The maximum atomic E-state index is 12.4. The molecule has 0 bridgehead atoms. The number of anilines is 4. The van der Waals surface area contributed by atoms with Crippen molar-refractivity contribution in [3.05, 3.63) is 66.5 Å². The summed E-state index contributed by atoms with van der Waals surface area (Å²) in [5.74, 6) is 0.617. The van der Waals surface area contributed by atoms with Crippen LogP contribution in [0.4, 0.5) is 23.0 Å². The highest BCUT2D eigenvalue weighted by Crippen LogP contribution is 2.29. The van der Waals surface area contributed by atoms with Gasteiger partial charge in [-0.3, -0.25) is 5.43 Å². The number of nitrogens with one attached hydrogen (secondary N) is 2. The van der Waals surface area contributed by atoms with E-state index in [1.165, 1.54) is 18.5 Å². The number of rotatable bonds is 6. The fourth-order valence-corrected chi connectivity index (χ4v) is 3.26. The number of benzene rings is 2. The van der Waals surface area contributed by atoms with Crippen LogP contribution in [0, 0.1) is 6.92 Å². The lowest BCUT2D eigenvalue weighted by atomic mass is 10.2. The second kappa shape index (κ2) is 7.60. The van der Waals surface area contributed by atoms with Gasteiger partial charge in [0.05, 0.1) is 4.90 Å². The van der Waals surface area contributed by atoms with E-state index < -0.39 is 10.0 Å². The molecule has 3 rings (SSSR count). The lowest BCUT2D eigenvalue weighted by Crippen LogP contribution is -2.30. The summed E-state index contributed by atoms with van der Waals surface area (Å²) in [5.41, 5.74) is 10.8. The highest BCUT2D eigenvalue weighted by Gasteiger charge is 2.17. The molecule has 0 aliphatic heterocycles. The number of nitrogen functional groups attached to an aromatic ring is 1. The molecule has 140 valence electrons. The standard InChI is InChI=1S/C18H20N6O2S/c1-13-8-10-15(11-9-13)27(25,26)23-22-17-16(19)18(21-12-20-17)24(2)14-6-4-3-5-7-14/h3-12,23H,19H2,1-2H3,(H,20,21,22). The zero-order chi connectivity index (χ0) is 19.4. The van der Waals surface area contributed by atoms with Crippen molar-refractivity contribution in [1.82, 2.24) is 14.8 Å². The predicted octanol–water partition coefficient (Wildman–Crippen LogP) is 2.44. The normalized spacial score (nSPS) is 11.2. The topological polar surface area (TPSA) is 113 Å². The molecule has 0 spiro atoms. The summed E-state index contributed by atoms with van der Waals surface area (Å²) in [6.07, 6.45) is 1.31. The van der Waals surface area contributed by atoms with Crippen LogP contribution in [0.1, 0.15) is 5.56 Å². The summed E-state index contributed by atoms with van der Waals surface area (Å²) >= 11 is 0. The molecular weight excluding hydrogens is 364 g/mol. The van der Waals surface area contributed by atoms with Crippen molar-refractivity contribution in [1.29, 1.82) is 0 Å². The third-order valence-electron chi connectivity index (χ3n) is 3.96. The predicted molar refractivity (Wildman–Crippen MR) is 106 cm³/mol. The molecule has 1 aromatic heterocycles. The van der Waals surface area contributed by atoms with E-state index in [9.17, 15) is 8.42 Å². The van der Waals surface area contributed by atoms with E-state index in [4.69, 9.17) is 5.73 Å². The molecule has 1 heterocycles. The molecule has 9 heteroatoms. The summed E-state index contributed by atoms with van der Waals surface area (Å²) in [4.78, 5) is 12.4. The van der Waals surface area contributed by atoms with Gasteiger partial charge in [-0.05, 0) is 31.2 Å². The van der Waals surface area contributed by atoms with Gasteiger partial charge in [0.25, 0.3) is 10.0 Å². The van der Waals surface area contributed by atoms with Crippen LogP contribution in [0.2, 0.25) is 0 Å². The van der Waals surface area contributed by atoms with Crippen LogP contribution >= 0.6 is 0 Å². The molecule has 0 unspecified atom stereocenters. The number of para-hydroxylation sites is 1. The Labute approximate surface area is 158 Å². The fraction of sp³-hybridized carbons (Fsp3) is 0.111. The summed E-state index contributed by atoms with van der Waals surface area (Å²) in [6.45, 7) is 1.88. The largest absolute Gasteiger partial charge is 0.393 e. The molecule has 2 aromatic carbocycles. The summed E-state index contributed by atoms with van der Waals surface area (Å²) in [7, 11) is -1.95. The van der Waals surface area contributed by atoms with Gasteiger partial charge in [0, 0.05) is 12.7 Å². The van der Waals surface area contributed by atoms with Gasteiger partial charge < -0.3 is 10.6 Å². The number of nitrogens with two attached hydrogens (primary N) is 1. The molecule has 0 atom stereocenters. The molecule has 0 aliphatic rings. The Morgan fingerprint density at radius 1 is 1.00 bits per heavy atom. The molecule has 8 nitrogen and oxygen atoms in total. The third kappa shape index (κ3) is 4.15. The number of hydrogen-bond acceptors (Lipinski definition) is 7. The monoisotopic (exact) mass is 384 g/mol. The van der Waals surface area contributed by atoms with Crippen LogP contribution in [0.25, 0.3) is 0 Å². The van der Waals surface area contributed by atoms with Gasteiger partial charge in [-0.1, -0.05) is 35.9 Å². The minimum absolute atomic E-state index is 0.134. The van der Waals surface area contributed by atoms with Gasteiger partial charge in [0.2, 0.25) is 0 Å². The minimum Gasteiger partial charge on any atom is -0.393 e. The van der Waals surface area contributed by atoms with Crippen LogP contribution in [-0.4, -0.2) is 25.4 Å². The van der Waals surface area contributed by atoms with Gasteiger partial charge in [-0.15, -0.1) is 4.83 Å². The van der Waals surface area contributed by atoms with Crippen molar-refractivity contribution < 1.29 is 8.42 Å². The molecule has 4 N–H and O–H groups in total. The molecule has 0 fully saturated rings. The van der Waals surface area contributed by atoms with E-state index in [1.807, 2.05) is 44.3 Å². The molecule has 0 radical (unpaired) electrons. The SMILES string of the molecule is Cc1ccc(S(=O)(=O)NNc2ncnc(N(C)c3ccccc3)c2N)cc1. The number of hydrogen-bond donors (Lipinski definition) is 3. The molecule has 3 aromatic rings. The minimum atomic E-state index is -3.77. The Morgan fingerprint density at radius 3 is 2.33 bits per heavy atom. The zero-order valence-corrected chi connectivity index (χ0v) is 15.7. The van der Waals surface area contributed by atoms with Gasteiger partial charge in [0.1, 0.15) is 12.0 Å². The van der Waals surface area contributed by atoms with Crippen LogP contribution in [0.15, 0.2) is 65.8 Å². The van der Waals surface area contributed by atoms with E-state index in [0.29, 0.717) is 5.82 Å². The van der Waals surface area contributed by atoms with E-state index in [-0.39, 0.29) is 16.4 Å². The van der Waals surface area contributed by atoms with Crippen molar-refractivity contribution in [2.24, 2.45) is 0 Å². The van der Waals surface area contributed by atoms with Crippen LogP contribution in [0.5, 0.6) is 0 Å². The first-order chi connectivity index (χ1) is 12.9. The van der Waals surface area contributed by atoms with Crippen molar-refractivity contribution >= 4 is 33.0 Å². The Bertz CT molecular complexity index is 1020. The quantitative estimate of drug-likeness (QED) is 0.559. The highest BCUT2D eigenvalue weighted by molar-refractivity contribution is 7.89. The van der Waals surface area contributed by atoms with Crippen molar-refractivity contribution in [3.8, 4) is 0 Å². The number of aromatic nitrogens is 2. The maximum absolute atomic E-state index is 12.4. The number of hydrazine groups is 1. The number of nitrogens with zero attached hydrogens (tertiary/aromatic N) is 3. The molecule has 27 heavy (non-hydrogen) atoms. The fourth-order valence-electron chi connectivity index (χ4n) is 2.42. The van der Waals surface area contributed by atoms with E-state index in [0.717, 1.165) is 11.3 Å². The molecular formula is C18H20N6O2S. The van der Waals surface area contributed by atoms with Crippen molar-refractivity contribution in [3.63, 3.8) is 0 Å². The lowest BCUT2D eigenvalue weighted by molar-refractivity contribution is 0.587. The molecule has 0 amide bonds. The Morgan fingerprint density at radius 2 is 1.67 bits per heavy atom. The smallest absolute Gasteiger partial charge is 0.257 e. The number of aryl methyl sites for hydroxylation is 1. The second-order valence-corrected chi connectivity index (χ2v) is 7.58. The highest BCUT2D eigenvalue weighted by atomic mass is 32.2. The first-order valence-electron chi connectivity index (χ1n) is 8.12. The second-order valence-electron chi connectivity index (χ2n) is 5.90. The number of sulfonamides is 1. The molecule has 0 saturated carbocycles. The first-order valence-corrected chi connectivity index (χ1v) is 9.60. The van der Waals surface area contributed by atoms with Crippen LogP contribution in [-0.2, 0) is 10.0 Å². The van der Waals surface area contributed by atoms with Crippen molar-refractivity contribution in [2.75, 3.05) is 23.1 Å². The summed E-state index contributed by atoms with van der Waals surface area (Å²) in [6, 6.07) is 16.0. The van der Waals surface area contributed by atoms with E-state index in [1.54, 1.807) is 17.0 Å². The molecule has 0 saturated heterocycles. The van der Waals surface area contributed by atoms with Crippen LogP contribution in [0.3, 0.4) is 0 Å². The lowest BCUT2D eigenvalue weighted by Gasteiger charge is -2.21. The van der Waals surface area contributed by atoms with Crippen LogP contribution < -0.4 is 20.9 Å². The Balaban J connectivity index is 1.81. The van der Waals surface area contributed by atoms with E-state index in [2.05, 4.69) is 20.2 Å². The summed E-state index contributed by atoms with van der Waals surface area (Å²) < 4.78 is 24.8. The maximum Gasteiger partial charge on any atom is 0.257 e. The average molecular weight is 384 g/mol. The Hall–Kier alpha value is -3.17. The van der Waals surface area contributed by atoms with Gasteiger partial charge in [-0.25, -0.2) is 18.4 Å². The average Bonchev–Trinajstić information content (AvgIpc) is 2.68. The van der Waals surface area contributed by atoms with Gasteiger partial charge in [0.15, 0.2) is 11.6 Å². The van der Waals surface area contributed by atoms with Crippen molar-refractivity contribution in [2.45, 2.75) is 11.8 Å². The first kappa shape index (κ1) is 18.6. The third-order valence-corrected chi connectivity index (χ3v) is 5.22. The van der Waals surface area contributed by atoms with Gasteiger partial charge in [-0.2, -0.15) is 0 Å².